The summed E-state index contributed by atoms with van der Waals surface area (Å²) >= 11 is 1.82. The number of nitrogens with zero attached hydrogens (tertiary/aromatic N) is 1. The zero-order valence-corrected chi connectivity index (χ0v) is 12.4. The van der Waals surface area contributed by atoms with Crippen molar-refractivity contribution in [2.45, 2.75) is 45.7 Å². The highest BCUT2D eigenvalue weighted by Crippen LogP contribution is 2.31. The first-order valence-corrected chi connectivity index (χ1v) is 7.41. The number of hydrogen-bond donors (Lipinski definition) is 1. The van der Waals surface area contributed by atoms with Gasteiger partial charge in [0.25, 0.3) is 0 Å². The fourth-order valence-corrected chi connectivity index (χ4v) is 3.80. The second-order valence-corrected chi connectivity index (χ2v) is 6.52. The van der Waals surface area contributed by atoms with E-state index in [2.05, 4.69) is 32.2 Å². The molecule has 18 heavy (non-hydrogen) atoms. The van der Waals surface area contributed by atoms with Crippen LogP contribution in [0.1, 0.15) is 41.1 Å². The monoisotopic (exact) mass is 266 g/mol. The summed E-state index contributed by atoms with van der Waals surface area (Å²) in [5.74, 6) is 0.250. The average molecular weight is 266 g/mol. The van der Waals surface area contributed by atoms with Gasteiger partial charge in [-0.25, -0.2) is 0 Å². The summed E-state index contributed by atoms with van der Waals surface area (Å²) in [6.45, 7) is 7.30. The molecule has 1 aromatic rings. The van der Waals surface area contributed by atoms with Crippen LogP contribution in [0, 0.1) is 13.8 Å². The molecule has 2 rings (SSSR count). The summed E-state index contributed by atoms with van der Waals surface area (Å²) in [4.78, 5) is 17.0. The van der Waals surface area contributed by atoms with Gasteiger partial charge in [0.05, 0.1) is 12.1 Å². The first kappa shape index (κ1) is 13.6. The van der Waals surface area contributed by atoms with Crippen molar-refractivity contribution in [3.63, 3.8) is 0 Å². The van der Waals surface area contributed by atoms with Crippen LogP contribution in [0.25, 0.3) is 0 Å². The van der Waals surface area contributed by atoms with Gasteiger partial charge >= 0.3 is 0 Å². The van der Waals surface area contributed by atoms with E-state index in [1.807, 2.05) is 23.3 Å². The highest BCUT2D eigenvalue weighted by atomic mass is 32.1. The largest absolute Gasteiger partial charge is 0.335 e. The maximum atomic E-state index is 12.4. The number of thiophene rings is 1. The Morgan fingerprint density at radius 3 is 2.78 bits per heavy atom. The molecule has 1 N–H and O–H groups in total. The number of likely N-dealkylation sites (tertiary alicyclic amines) is 1. The van der Waals surface area contributed by atoms with E-state index in [1.54, 1.807) is 0 Å². The summed E-state index contributed by atoms with van der Waals surface area (Å²) in [5.41, 5.74) is 1.31. The Hall–Kier alpha value is -0.870. The molecule has 0 spiro atoms. The molecule has 1 saturated heterocycles. The number of carbonyl (C=O) groups is 1. The van der Waals surface area contributed by atoms with E-state index < -0.39 is 0 Å². The van der Waals surface area contributed by atoms with Crippen LogP contribution in [0.5, 0.6) is 0 Å². The first-order valence-electron chi connectivity index (χ1n) is 6.59. The van der Waals surface area contributed by atoms with E-state index in [1.165, 1.54) is 15.3 Å². The number of nitrogens with one attached hydrogen (secondary N) is 1. The Morgan fingerprint density at radius 1 is 1.50 bits per heavy atom. The predicted molar refractivity (Wildman–Crippen MR) is 76.0 cm³/mol. The number of likely N-dealkylation sites (N-methyl/N-ethyl adjacent to an activating group) is 1. The molecule has 4 heteroatoms. The van der Waals surface area contributed by atoms with Crippen LogP contribution in [0.3, 0.4) is 0 Å². The number of aryl methyl sites for hydroxylation is 2. The molecule has 2 atom stereocenters. The molecule has 100 valence electrons. The minimum absolute atomic E-state index is 0.00115. The smallest absolute Gasteiger partial charge is 0.240 e. The summed E-state index contributed by atoms with van der Waals surface area (Å²) in [6.07, 6.45) is 2.05. The van der Waals surface area contributed by atoms with Gasteiger partial charge in [0.15, 0.2) is 0 Å². The van der Waals surface area contributed by atoms with E-state index in [-0.39, 0.29) is 18.0 Å². The summed E-state index contributed by atoms with van der Waals surface area (Å²) in [5, 5.41) is 3.12. The number of amides is 1. The van der Waals surface area contributed by atoms with Crippen molar-refractivity contribution >= 4 is 17.2 Å². The highest BCUT2D eigenvalue weighted by molar-refractivity contribution is 7.12. The molecule has 1 amide bonds. The summed E-state index contributed by atoms with van der Waals surface area (Å²) < 4.78 is 0. The lowest BCUT2D eigenvalue weighted by Crippen LogP contribution is -2.50. The molecule has 2 heterocycles. The number of carbonyl (C=O) groups excluding carboxylic acids is 1. The zero-order valence-electron chi connectivity index (χ0n) is 11.6. The highest BCUT2D eigenvalue weighted by Gasteiger charge is 2.31. The van der Waals surface area contributed by atoms with Crippen molar-refractivity contribution < 1.29 is 4.79 Å². The zero-order chi connectivity index (χ0) is 13.3. The van der Waals surface area contributed by atoms with Gasteiger partial charge in [0.2, 0.25) is 5.91 Å². The van der Waals surface area contributed by atoms with E-state index in [4.69, 9.17) is 0 Å². The van der Waals surface area contributed by atoms with E-state index >= 15 is 0 Å². The predicted octanol–water partition coefficient (Wildman–Crippen LogP) is 2.64. The van der Waals surface area contributed by atoms with Crippen LogP contribution in [0.4, 0.5) is 0 Å². The van der Waals surface area contributed by atoms with Gasteiger partial charge in [0, 0.05) is 16.3 Å². The maximum Gasteiger partial charge on any atom is 0.240 e. The molecule has 1 aliphatic heterocycles. The van der Waals surface area contributed by atoms with Crippen molar-refractivity contribution in [1.82, 2.24) is 10.2 Å². The molecule has 0 saturated carbocycles. The lowest BCUT2D eigenvalue weighted by molar-refractivity contribution is -0.138. The van der Waals surface area contributed by atoms with Gasteiger partial charge in [-0.1, -0.05) is 0 Å². The Morgan fingerprint density at radius 2 is 2.22 bits per heavy atom. The molecule has 0 bridgehead atoms. The lowest BCUT2D eigenvalue weighted by Gasteiger charge is -2.36. The van der Waals surface area contributed by atoms with Crippen LogP contribution in [0.15, 0.2) is 6.07 Å². The van der Waals surface area contributed by atoms with Crippen LogP contribution >= 0.6 is 11.3 Å². The van der Waals surface area contributed by atoms with Gasteiger partial charge in [-0.2, -0.15) is 0 Å². The van der Waals surface area contributed by atoms with Crippen molar-refractivity contribution in [3.05, 3.63) is 21.4 Å². The topological polar surface area (TPSA) is 32.3 Å². The minimum atomic E-state index is 0.00115. The standard InChI is InChI=1S/C14H22N2OS/c1-9-8-12(11(3)18-9)10(2)16-7-5-6-13(15-4)14(16)17/h8,10,13,15H,5-7H2,1-4H3. The Bertz CT molecular complexity index is 441. The van der Waals surface area contributed by atoms with Crippen LogP contribution in [-0.2, 0) is 4.79 Å². The second-order valence-electron chi connectivity index (χ2n) is 5.06. The SMILES string of the molecule is CNC1CCCN(C(C)c2cc(C)sc2C)C1=O. The lowest BCUT2D eigenvalue weighted by atomic mass is 10.00. The van der Waals surface area contributed by atoms with Crippen molar-refractivity contribution in [2.24, 2.45) is 0 Å². The van der Waals surface area contributed by atoms with Crippen molar-refractivity contribution in [3.8, 4) is 0 Å². The first-order chi connectivity index (χ1) is 8.54. The molecule has 0 aromatic carbocycles. The summed E-state index contributed by atoms with van der Waals surface area (Å²) in [6, 6.07) is 2.42. The van der Waals surface area contributed by atoms with Crippen LogP contribution in [-0.4, -0.2) is 30.4 Å². The third-order valence-electron chi connectivity index (χ3n) is 3.82. The third-order valence-corrected chi connectivity index (χ3v) is 4.80. The molecule has 0 aliphatic carbocycles. The number of piperidine rings is 1. The maximum absolute atomic E-state index is 12.4. The Kier molecular flexibility index (Phi) is 4.07. The van der Waals surface area contributed by atoms with E-state index in [0.29, 0.717) is 0 Å². The van der Waals surface area contributed by atoms with Gasteiger partial charge in [-0.15, -0.1) is 11.3 Å². The van der Waals surface area contributed by atoms with Gasteiger partial charge < -0.3 is 10.2 Å². The van der Waals surface area contributed by atoms with Crippen molar-refractivity contribution in [2.75, 3.05) is 13.6 Å². The van der Waals surface area contributed by atoms with Gasteiger partial charge in [0.1, 0.15) is 0 Å². The molecule has 0 radical (unpaired) electrons. The van der Waals surface area contributed by atoms with E-state index in [9.17, 15) is 4.79 Å². The molecule has 1 fully saturated rings. The van der Waals surface area contributed by atoms with Crippen molar-refractivity contribution in [1.29, 1.82) is 0 Å². The normalized spacial score (nSPS) is 22.3. The molecule has 1 aliphatic rings. The quantitative estimate of drug-likeness (QED) is 0.912. The van der Waals surface area contributed by atoms with Crippen LogP contribution < -0.4 is 5.32 Å². The molecule has 2 unspecified atom stereocenters. The number of hydrogen-bond acceptors (Lipinski definition) is 3. The molecule has 3 nitrogen and oxygen atoms in total. The van der Waals surface area contributed by atoms with Gasteiger partial charge in [-0.05, 0) is 52.3 Å². The minimum Gasteiger partial charge on any atom is -0.335 e. The molecular formula is C14H22N2OS. The van der Waals surface area contributed by atoms with Gasteiger partial charge in [-0.3, -0.25) is 4.79 Å². The number of rotatable bonds is 3. The fourth-order valence-electron chi connectivity index (χ4n) is 2.79. The molecule has 1 aromatic heterocycles. The average Bonchev–Trinajstić information content (AvgIpc) is 2.68. The summed E-state index contributed by atoms with van der Waals surface area (Å²) in [7, 11) is 1.87. The molecular weight excluding hydrogens is 244 g/mol. The van der Waals surface area contributed by atoms with Crippen LogP contribution in [0.2, 0.25) is 0 Å². The van der Waals surface area contributed by atoms with E-state index in [0.717, 1.165) is 19.4 Å². The second kappa shape index (κ2) is 5.41. The fraction of sp³-hybridized carbons (Fsp3) is 0.643. The Balaban J connectivity index is 2.20. The Labute approximate surface area is 113 Å². The third kappa shape index (κ3) is 2.45.